The van der Waals surface area contributed by atoms with Crippen LogP contribution in [0.1, 0.15) is 10.5 Å². The van der Waals surface area contributed by atoms with E-state index in [1.165, 1.54) is 18.2 Å². The first-order chi connectivity index (χ1) is 8.42. The van der Waals surface area contributed by atoms with Crippen LogP contribution in [0.2, 0.25) is 0 Å². The third-order valence-electron chi connectivity index (χ3n) is 1.67. The smallest absolute Gasteiger partial charge is 0.422 e. The number of amides is 1. The van der Waals surface area contributed by atoms with Crippen molar-refractivity contribution >= 4 is 5.91 Å². The van der Waals surface area contributed by atoms with Gasteiger partial charge in [0.1, 0.15) is 12.2 Å². The lowest BCUT2D eigenvalue weighted by molar-refractivity contribution is -0.154. The predicted molar refractivity (Wildman–Crippen MR) is 53.7 cm³/mol. The summed E-state index contributed by atoms with van der Waals surface area (Å²) < 4.78 is 40.1. The van der Waals surface area contributed by atoms with Gasteiger partial charge in [-0.3, -0.25) is 4.79 Å². The molecule has 0 aromatic carbocycles. The summed E-state index contributed by atoms with van der Waals surface area (Å²) in [6.07, 6.45) is -4.47. The third-order valence-corrected chi connectivity index (χ3v) is 1.67. The maximum Gasteiger partial charge on any atom is 0.422 e. The molecule has 0 saturated carbocycles. The zero-order valence-electron chi connectivity index (χ0n) is 8.99. The van der Waals surface area contributed by atoms with Crippen LogP contribution in [-0.2, 0) is 0 Å². The molecule has 1 rings (SSSR count). The number of halogens is 3. The molecule has 1 heterocycles. The number of pyridine rings is 1. The minimum atomic E-state index is -4.47. The van der Waals surface area contributed by atoms with E-state index in [1.54, 1.807) is 6.07 Å². The SMILES string of the molecule is N#CCNC(=O)c1cccc(OCC(F)(F)F)n1. The van der Waals surface area contributed by atoms with Crippen molar-refractivity contribution < 1.29 is 22.7 Å². The van der Waals surface area contributed by atoms with Crippen LogP contribution in [0.15, 0.2) is 18.2 Å². The number of carbonyl (C=O) groups is 1. The highest BCUT2D eigenvalue weighted by atomic mass is 19.4. The first kappa shape index (κ1) is 13.8. The van der Waals surface area contributed by atoms with Crippen LogP contribution in [0.5, 0.6) is 5.88 Å². The van der Waals surface area contributed by atoms with Gasteiger partial charge in [-0.05, 0) is 6.07 Å². The van der Waals surface area contributed by atoms with Gasteiger partial charge in [-0.2, -0.15) is 18.4 Å². The summed E-state index contributed by atoms with van der Waals surface area (Å²) in [7, 11) is 0. The quantitative estimate of drug-likeness (QED) is 0.826. The highest BCUT2D eigenvalue weighted by Gasteiger charge is 2.28. The zero-order valence-corrected chi connectivity index (χ0v) is 8.99. The Morgan fingerprint density at radius 1 is 1.50 bits per heavy atom. The maximum absolute atomic E-state index is 11.9. The Hall–Kier alpha value is -2.30. The van der Waals surface area contributed by atoms with Crippen LogP contribution in [0.4, 0.5) is 13.2 Å². The van der Waals surface area contributed by atoms with Crippen LogP contribution < -0.4 is 10.1 Å². The topological polar surface area (TPSA) is 75.0 Å². The van der Waals surface area contributed by atoms with Crippen molar-refractivity contribution in [2.45, 2.75) is 6.18 Å². The van der Waals surface area contributed by atoms with Gasteiger partial charge in [-0.25, -0.2) is 4.98 Å². The van der Waals surface area contributed by atoms with Gasteiger partial charge in [0.25, 0.3) is 5.91 Å². The summed E-state index contributed by atoms with van der Waals surface area (Å²) in [6, 6.07) is 5.52. The van der Waals surface area contributed by atoms with Gasteiger partial charge in [0.05, 0.1) is 6.07 Å². The molecule has 1 aromatic heterocycles. The van der Waals surface area contributed by atoms with Crippen LogP contribution >= 0.6 is 0 Å². The molecular weight excluding hydrogens is 251 g/mol. The van der Waals surface area contributed by atoms with Crippen molar-refractivity contribution in [2.75, 3.05) is 13.2 Å². The molecule has 0 fully saturated rings. The van der Waals surface area contributed by atoms with Gasteiger partial charge in [0, 0.05) is 6.07 Å². The number of ether oxygens (including phenoxy) is 1. The Balaban J connectivity index is 2.68. The standard InChI is InChI=1S/C10H8F3N3O2/c11-10(12,13)6-18-8-3-1-2-7(16-8)9(17)15-5-4-14/h1-3H,5-6H2,(H,15,17). The van der Waals surface area contributed by atoms with Crippen LogP contribution in [0, 0.1) is 11.3 Å². The van der Waals surface area contributed by atoms with Gasteiger partial charge >= 0.3 is 6.18 Å². The molecule has 8 heteroatoms. The minimum absolute atomic E-state index is 0.120. The average molecular weight is 259 g/mol. The summed E-state index contributed by atoms with van der Waals surface area (Å²) in [4.78, 5) is 14.9. The molecule has 0 aliphatic rings. The first-order valence-corrected chi connectivity index (χ1v) is 4.74. The number of carbonyl (C=O) groups excluding carboxylic acids is 1. The molecule has 0 atom stereocenters. The number of nitrogens with zero attached hydrogens (tertiary/aromatic N) is 2. The Morgan fingerprint density at radius 3 is 2.83 bits per heavy atom. The molecule has 0 radical (unpaired) electrons. The number of nitrogens with one attached hydrogen (secondary N) is 1. The highest BCUT2D eigenvalue weighted by Crippen LogP contribution is 2.17. The molecule has 1 aromatic rings. The maximum atomic E-state index is 11.9. The molecule has 1 N–H and O–H groups in total. The van der Waals surface area contributed by atoms with E-state index in [0.29, 0.717) is 0 Å². The molecule has 18 heavy (non-hydrogen) atoms. The van der Waals surface area contributed by atoms with Crippen LogP contribution in [0.3, 0.4) is 0 Å². The van der Waals surface area contributed by atoms with Gasteiger partial charge in [-0.1, -0.05) is 6.07 Å². The van der Waals surface area contributed by atoms with E-state index in [4.69, 9.17) is 5.26 Å². The molecule has 0 bridgehead atoms. The lowest BCUT2D eigenvalue weighted by Crippen LogP contribution is -2.25. The van der Waals surface area contributed by atoms with E-state index in [-0.39, 0.29) is 18.1 Å². The Morgan fingerprint density at radius 2 is 2.22 bits per heavy atom. The predicted octanol–water partition coefficient (Wildman–Crippen LogP) is 1.28. The van der Waals surface area contributed by atoms with E-state index < -0.39 is 18.7 Å². The fourth-order valence-electron chi connectivity index (χ4n) is 0.988. The molecule has 0 aliphatic heterocycles. The number of rotatable bonds is 4. The number of nitriles is 1. The third kappa shape index (κ3) is 4.69. The molecule has 0 saturated heterocycles. The van der Waals surface area contributed by atoms with E-state index in [0.717, 1.165) is 0 Å². The van der Waals surface area contributed by atoms with Crippen molar-refractivity contribution in [3.63, 3.8) is 0 Å². The fourth-order valence-corrected chi connectivity index (χ4v) is 0.988. The lowest BCUT2D eigenvalue weighted by Gasteiger charge is -2.08. The first-order valence-electron chi connectivity index (χ1n) is 4.74. The van der Waals surface area contributed by atoms with Crippen molar-refractivity contribution in [2.24, 2.45) is 0 Å². The largest absolute Gasteiger partial charge is 0.468 e. The van der Waals surface area contributed by atoms with Crippen molar-refractivity contribution in [1.29, 1.82) is 5.26 Å². The molecule has 1 amide bonds. The summed E-state index contributed by atoms with van der Waals surface area (Å²) >= 11 is 0. The Bertz CT molecular complexity index is 468. The molecule has 96 valence electrons. The second-order valence-corrected chi connectivity index (χ2v) is 3.11. The summed E-state index contributed by atoms with van der Waals surface area (Å²) in [5.74, 6) is -0.967. The molecule has 5 nitrogen and oxygen atoms in total. The highest BCUT2D eigenvalue weighted by molar-refractivity contribution is 5.92. The molecule has 0 aliphatic carbocycles. The number of hydrogen-bond acceptors (Lipinski definition) is 4. The van der Waals surface area contributed by atoms with Crippen molar-refractivity contribution in [3.05, 3.63) is 23.9 Å². The van der Waals surface area contributed by atoms with Crippen molar-refractivity contribution in [3.8, 4) is 11.9 Å². The summed E-state index contributed by atoms with van der Waals surface area (Å²) in [6.45, 7) is -1.70. The lowest BCUT2D eigenvalue weighted by atomic mass is 10.3. The van der Waals surface area contributed by atoms with Gasteiger partial charge in [0.2, 0.25) is 5.88 Å². The molecule has 0 spiro atoms. The minimum Gasteiger partial charge on any atom is -0.468 e. The van der Waals surface area contributed by atoms with E-state index >= 15 is 0 Å². The second kappa shape index (κ2) is 5.86. The number of aromatic nitrogens is 1. The van der Waals surface area contributed by atoms with E-state index in [1.807, 2.05) is 0 Å². The van der Waals surface area contributed by atoms with Gasteiger partial charge < -0.3 is 10.1 Å². The van der Waals surface area contributed by atoms with E-state index in [2.05, 4.69) is 15.0 Å². The monoisotopic (exact) mass is 259 g/mol. The number of alkyl halides is 3. The van der Waals surface area contributed by atoms with Crippen LogP contribution in [0.25, 0.3) is 0 Å². The van der Waals surface area contributed by atoms with Crippen LogP contribution in [-0.4, -0.2) is 30.2 Å². The Kier molecular flexibility index (Phi) is 4.48. The normalized spacial score (nSPS) is 10.6. The summed E-state index contributed by atoms with van der Waals surface area (Å²) in [5, 5.41) is 10.5. The molecule has 0 unspecified atom stereocenters. The summed E-state index contributed by atoms with van der Waals surface area (Å²) in [5.41, 5.74) is -0.120. The molecular formula is C10H8F3N3O2. The van der Waals surface area contributed by atoms with Gasteiger partial charge in [-0.15, -0.1) is 0 Å². The number of hydrogen-bond donors (Lipinski definition) is 1. The van der Waals surface area contributed by atoms with Gasteiger partial charge in [0.15, 0.2) is 6.61 Å². The second-order valence-electron chi connectivity index (χ2n) is 3.11. The fraction of sp³-hybridized carbons (Fsp3) is 0.300. The Labute approximate surface area is 100 Å². The zero-order chi connectivity index (χ0) is 13.6. The van der Waals surface area contributed by atoms with Crippen molar-refractivity contribution in [1.82, 2.24) is 10.3 Å². The average Bonchev–Trinajstić information content (AvgIpc) is 2.33. The van der Waals surface area contributed by atoms with E-state index in [9.17, 15) is 18.0 Å².